The van der Waals surface area contributed by atoms with Gasteiger partial charge in [-0.2, -0.15) is 0 Å². The SMILES string of the molecule is CN(C)CCC1CCCCN1C(=O)Cc1ccccc1. The van der Waals surface area contributed by atoms with E-state index in [-0.39, 0.29) is 0 Å². The van der Waals surface area contributed by atoms with Crippen molar-refractivity contribution in [2.24, 2.45) is 0 Å². The lowest BCUT2D eigenvalue weighted by Gasteiger charge is -2.36. The highest BCUT2D eigenvalue weighted by atomic mass is 16.2. The molecule has 0 radical (unpaired) electrons. The third-order valence-corrected chi connectivity index (χ3v) is 4.06. The fourth-order valence-electron chi connectivity index (χ4n) is 2.91. The molecular formula is C17H26N2O. The molecule has 1 heterocycles. The lowest BCUT2D eigenvalue weighted by atomic mass is 9.98. The average Bonchev–Trinajstić information content (AvgIpc) is 2.46. The Bertz CT molecular complexity index is 416. The summed E-state index contributed by atoms with van der Waals surface area (Å²) >= 11 is 0. The first-order valence-electron chi connectivity index (χ1n) is 7.65. The number of carbonyl (C=O) groups excluding carboxylic acids is 1. The van der Waals surface area contributed by atoms with Gasteiger partial charge in [-0.15, -0.1) is 0 Å². The zero-order chi connectivity index (χ0) is 14.4. The molecular weight excluding hydrogens is 248 g/mol. The Morgan fingerprint density at radius 1 is 1.25 bits per heavy atom. The molecule has 2 rings (SSSR count). The zero-order valence-electron chi connectivity index (χ0n) is 12.7. The predicted octanol–water partition coefficient (Wildman–Crippen LogP) is 2.56. The van der Waals surface area contributed by atoms with Crippen LogP contribution in [0, 0.1) is 0 Å². The van der Waals surface area contributed by atoms with E-state index in [1.807, 2.05) is 30.3 Å². The molecule has 20 heavy (non-hydrogen) atoms. The van der Waals surface area contributed by atoms with E-state index in [1.165, 1.54) is 6.42 Å². The van der Waals surface area contributed by atoms with Crippen LogP contribution in [0.5, 0.6) is 0 Å². The van der Waals surface area contributed by atoms with E-state index < -0.39 is 0 Å². The molecule has 0 bridgehead atoms. The summed E-state index contributed by atoms with van der Waals surface area (Å²) < 4.78 is 0. The van der Waals surface area contributed by atoms with Crippen LogP contribution in [0.25, 0.3) is 0 Å². The fourth-order valence-corrected chi connectivity index (χ4v) is 2.91. The number of amides is 1. The summed E-state index contributed by atoms with van der Waals surface area (Å²) in [7, 11) is 4.19. The minimum atomic E-state index is 0.291. The standard InChI is InChI=1S/C17H26N2O/c1-18(2)13-11-16-10-6-7-12-19(16)17(20)14-15-8-4-3-5-9-15/h3-5,8-9,16H,6-7,10-14H2,1-2H3. The Morgan fingerprint density at radius 2 is 2.00 bits per heavy atom. The highest BCUT2D eigenvalue weighted by Crippen LogP contribution is 2.21. The number of hydrogen-bond acceptors (Lipinski definition) is 2. The molecule has 0 spiro atoms. The number of likely N-dealkylation sites (tertiary alicyclic amines) is 1. The van der Waals surface area contributed by atoms with Gasteiger partial charge in [0, 0.05) is 12.6 Å². The van der Waals surface area contributed by atoms with Gasteiger partial charge in [0.25, 0.3) is 0 Å². The Hall–Kier alpha value is -1.35. The Labute approximate surface area is 122 Å². The second kappa shape index (κ2) is 7.44. The van der Waals surface area contributed by atoms with Crippen molar-refractivity contribution in [3.8, 4) is 0 Å². The van der Waals surface area contributed by atoms with Crippen molar-refractivity contribution in [1.82, 2.24) is 9.80 Å². The summed E-state index contributed by atoms with van der Waals surface area (Å²) in [5, 5.41) is 0. The summed E-state index contributed by atoms with van der Waals surface area (Å²) in [4.78, 5) is 16.9. The second-order valence-electron chi connectivity index (χ2n) is 5.99. The maximum atomic E-state index is 12.5. The van der Waals surface area contributed by atoms with Crippen LogP contribution in [0.3, 0.4) is 0 Å². The van der Waals surface area contributed by atoms with Gasteiger partial charge in [0.15, 0.2) is 0 Å². The lowest BCUT2D eigenvalue weighted by Crippen LogP contribution is -2.45. The van der Waals surface area contributed by atoms with Crippen molar-refractivity contribution in [2.45, 2.75) is 38.1 Å². The summed E-state index contributed by atoms with van der Waals surface area (Å²) in [5.74, 6) is 0.291. The molecule has 3 nitrogen and oxygen atoms in total. The van der Waals surface area contributed by atoms with Gasteiger partial charge >= 0.3 is 0 Å². The van der Waals surface area contributed by atoms with Crippen LogP contribution >= 0.6 is 0 Å². The molecule has 1 aliphatic heterocycles. The lowest BCUT2D eigenvalue weighted by molar-refractivity contribution is -0.134. The van der Waals surface area contributed by atoms with Crippen LogP contribution in [0.1, 0.15) is 31.2 Å². The molecule has 0 saturated carbocycles. The topological polar surface area (TPSA) is 23.6 Å². The normalized spacial score (nSPS) is 19.4. The molecule has 1 atom stereocenters. The third kappa shape index (κ3) is 4.34. The van der Waals surface area contributed by atoms with Crippen LogP contribution in [0.4, 0.5) is 0 Å². The largest absolute Gasteiger partial charge is 0.339 e. The number of carbonyl (C=O) groups is 1. The van der Waals surface area contributed by atoms with Crippen LogP contribution < -0.4 is 0 Å². The number of rotatable bonds is 5. The number of nitrogens with zero attached hydrogens (tertiary/aromatic N) is 2. The second-order valence-corrected chi connectivity index (χ2v) is 5.99. The van der Waals surface area contributed by atoms with E-state index in [0.29, 0.717) is 18.4 Å². The van der Waals surface area contributed by atoms with E-state index in [9.17, 15) is 4.79 Å². The Balaban J connectivity index is 1.94. The van der Waals surface area contributed by atoms with Gasteiger partial charge < -0.3 is 9.80 Å². The van der Waals surface area contributed by atoms with Crippen LogP contribution in [-0.4, -0.2) is 48.9 Å². The van der Waals surface area contributed by atoms with E-state index in [2.05, 4.69) is 23.9 Å². The summed E-state index contributed by atoms with van der Waals surface area (Å²) in [6, 6.07) is 10.5. The van der Waals surface area contributed by atoms with E-state index in [1.54, 1.807) is 0 Å². The van der Waals surface area contributed by atoms with Crippen molar-refractivity contribution >= 4 is 5.91 Å². The molecule has 0 aromatic heterocycles. The van der Waals surface area contributed by atoms with Gasteiger partial charge in [-0.1, -0.05) is 30.3 Å². The monoisotopic (exact) mass is 274 g/mol. The quantitative estimate of drug-likeness (QED) is 0.824. The molecule has 1 aliphatic rings. The highest BCUT2D eigenvalue weighted by molar-refractivity contribution is 5.79. The minimum Gasteiger partial charge on any atom is -0.339 e. The van der Waals surface area contributed by atoms with Gasteiger partial charge in [-0.05, 0) is 51.9 Å². The maximum absolute atomic E-state index is 12.5. The summed E-state index contributed by atoms with van der Waals surface area (Å²) in [5.41, 5.74) is 1.12. The van der Waals surface area contributed by atoms with Crippen molar-refractivity contribution in [1.29, 1.82) is 0 Å². The zero-order valence-corrected chi connectivity index (χ0v) is 12.7. The molecule has 1 aromatic rings. The number of piperidine rings is 1. The summed E-state index contributed by atoms with van der Waals surface area (Å²) in [6.45, 7) is 1.99. The molecule has 1 amide bonds. The van der Waals surface area contributed by atoms with Gasteiger partial charge in [0.2, 0.25) is 5.91 Å². The minimum absolute atomic E-state index is 0.291. The number of benzene rings is 1. The first-order valence-corrected chi connectivity index (χ1v) is 7.65. The fraction of sp³-hybridized carbons (Fsp3) is 0.588. The molecule has 0 N–H and O–H groups in total. The molecule has 0 aliphatic carbocycles. The van der Waals surface area contributed by atoms with Gasteiger partial charge in [0.1, 0.15) is 0 Å². The van der Waals surface area contributed by atoms with Crippen LogP contribution in [0.15, 0.2) is 30.3 Å². The Kier molecular flexibility index (Phi) is 5.60. The van der Waals surface area contributed by atoms with Gasteiger partial charge in [0.05, 0.1) is 6.42 Å². The van der Waals surface area contributed by atoms with E-state index >= 15 is 0 Å². The first kappa shape index (κ1) is 15.0. The molecule has 3 heteroatoms. The molecule has 110 valence electrons. The first-order chi connectivity index (χ1) is 9.66. The van der Waals surface area contributed by atoms with Crippen molar-refractivity contribution in [2.75, 3.05) is 27.2 Å². The molecule has 1 fully saturated rings. The number of hydrogen-bond donors (Lipinski definition) is 0. The highest BCUT2D eigenvalue weighted by Gasteiger charge is 2.26. The maximum Gasteiger partial charge on any atom is 0.227 e. The van der Waals surface area contributed by atoms with Crippen LogP contribution in [-0.2, 0) is 11.2 Å². The third-order valence-electron chi connectivity index (χ3n) is 4.06. The van der Waals surface area contributed by atoms with Crippen molar-refractivity contribution in [3.63, 3.8) is 0 Å². The Morgan fingerprint density at radius 3 is 2.70 bits per heavy atom. The molecule has 1 aromatic carbocycles. The van der Waals surface area contributed by atoms with Gasteiger partial charge in [-0.25, -0.2) is 0 Å². The molecule has 1 saturated heterocycles. The van der Waals surface area contributed by atoms with E-state index in [4.69, 9.17) is 0 Å². The summed E-state index contributed by atoms with van der Waals surface area (Å²) in [6.07, 6.45) is 5.20. The smallest absolute Gasteiger partial charge is 0.227 e. The van der Waals surface area contributed by atoms with E-state index in [0.717, 1.165) is 37.9 Å². The molecule has 1 unspecified atom stereocenters. The average molecular weight is 274 g/mol. The van der Waals surface area contributed by atoms with Crippen molar-refractivity contribution < 1.29 is 4.79 Å². The van der Waals surface area contributed by atoms with Crippen LogP contribution in [0.2, 0.25) is 0 Å². The van der Waals surface area contributed by atoms with Crippen molar-refractivity contribution in [3.05, 3.63) is 35.9 Å². The predicted molar refractivity (Wildman–Crippen MR) is 82.7 cm³/mol. The van der Waals surface area contributed by atoms with Gasteiger partial charge in [-0.3, -0.25) is 4.79 Å².